The molecule has 2 aromatic carbocycles. The lowest BCUT2D eigenvalue weighted by molar-refractivity contribution is 0.0693. The van der Waals surface area contributed by atoms with Gasteiger partial charge in [-0.3, -0.25) is 0 Å². The molecule has 0 saturated heterocycles. The molecular weight excluding hydrogens is 280 g/mol. The van der Waals surface area contributed by atoms with Crippen LogP contribution in [0.15, 0.2) is 24.3 Å². The molecule has 0 atom stereocenters. The smallest absolute Gasteiger partial charge is 0.339 e. The van der Waals surface area contributed by atoms with Crippen LogP contribution < -0.4 is 4.74 Å². The zero-order valence-corrected chi connectivity index (χ0v) is 13.2. The summed E-state index contributed by atoms with van der Waals surface area (Å²) in [6.45, 7) is 7.89. The monoisotopic (exact) mass is 300 g/mol. The first-order valence-electron chi connectivity index (χ1n) is 7.06. The number of carboxylic acids is 1. The lowest BCUT2D eigenvalue weighted by atomic mass is 10.0. The third-order valence-corrected chi connectivity index (χ3v) is 3.71. The zero-order chi connectivity index (χ0) is 16.4. The van der Waals surface area contributed by atoms with Crippen LogP contribution in [0.4, 0.5) is 0 Å². The van der Waals surface area contributed by atoms with Gasteiger partial charge in [0, 0.05) is 5.56 Å². The van der Waals surface area contributed by atoms with Gasteiger partial charge >= 0.3 is 5.97 Å². The Balaban J connectivity index is 2.31. The third kappa shape index (κ3) is 3.22. The van der Waals surface area contributed by atoms with Crippen molar-refractivity contribution in [3.8, 4) is 11.5 Å². The molecule has 0 unspecified atom stereocenters. The summed E-state index contributed by atoms with van der Waals surface area (Å²) in [5.41, 5.74) is 4.40. The molecule has 22 heavy (non-hydrogen) atoms. The van der Waals surface area contributed by atoms with Gasteiger partial charge in [-0.1, -0.05) is 6.07 Å². The van der Waals surface area contributed by atoms with Gasteiger partial charge in [-0.05, 0) is 68.1 Å². The molecule has 0 aliphatic rings. The van der Waals surface area contributed by atoms with Gasteiger partial charge in [-0.15, -0.1) is 0 Å². The summed E-state index contributed by atoms with van der Waals surface area (Å²) in [4.78, 5) is 11.1. The van der Waals surface area contributed by atoms with Crippen molar-refractivity contribution in [1.29, 1.82) is 0 Å². The molecule has 4 nitrogen and oxygen atoms in total. The maximum Gasteiger partial charge on any atom is 0.339 e. The summed E-state index contributed by atoms with van der Waals surface area (Å²) >= 11 is 0. The molecule has 0 saturated carbocycles. The molecule has 2 aromatic rings. The molecule has 0 heterocycles. The van der Waals surface area contributed by atoms with E-state index in [1.165, 1.54) is 6.07 Å². The number of ether oxygens (including phenoxy) is 1. The zero-order valence-electron chi connectivity index (χ0n) is 13.2. The first-order valence-corrected chi connectivity index (χ1v) is 7.06. The normalized spacial score (nSPS) is 10.5. The highest BCUT2D eigenvalue weighted by Crippen LogP contribution is 2.28. The Labute approximate surface area is 130 Å². The second kappa shape index (κ2) is 6.10. The third-order valence-electron chi connectivity index (χ3n) is 3.71. The second-order valence-corrected chi connectivity index (χ2v) is 5.62. The number of rotatable bonds is 4. The van der Waals surface area contributed by atoms with E-state index in [4.69, 9.17) is 9.84 Å². The van der Waals surface area contributed by atoms with Crippen molar-refractivity contribution >= 4 is 5.97 Å². The van der Waals surface area contributed by atoms with Crippen molar-refractivity contribution < 1.29 is 19.7 Å². The van der Waals surface area contributed by atoms with Gasteiger partial charge in [0.25, 0.3) is 0 Å². The minimum absolute atomic E-state index is 0.101. The standard InChI is InChI=1S/C18H20O4/c1-10-5-12(3)13(4)16(8-10)22-9-14-6-11(2)7-15(17(14)19)18(20)21/h5-8,19H,9H2,1-4H3,(H,20,21). The van der Waals surface area contributed by atoms with Crippen molar-refractivity contribution in [1.82, 2.24) is 0 Å². The highest BCUT2D eigenvalue weighted by atomic mass is 16.5. The van der Waals surface area contributed by atoms with E-state index in [0.29, 0.717) is 5.56 Å². The molecule has 0 amide bonds. The Bertz CT molecular complexity index is 732. The van der Waals surface area contributed by atoms with Gasteiger partial charge in [0.05, 0.1) is 0 Å². The summed E-state index contributed by atoms with van der Waals surface area (Å²) < 4.78 is 5.80. The molecular formula is C18H20O4. The molecule has 0 aliphatic carbocycles. The molecule has 0 bridgehead atoms. The number of carboxylic acid groups (broad SMARTS) is 1. The van der Waals surface area contributed by atoms with E-state index in [2.05, 4.69) is 6.07 Å². The van der Waals surface area contributed by atoms with Gasteiger partial charge in [-0.25, -0.2) is 4.79 Å². The number of aromatic carboxylic acids is 1. The number of phenols is 1. The molecule has 4 heteroatoms. The quantitative estimate of drug-likeness (QED) is 0.898. The molecule has 0 aliphatic heterocycles. The van der Waals surface area contributed by atoms with E-state index in [1.54, 1.807) is 13.0 Å². The van der Waals surface area contributed by atoms with Crippen LogP contribution >= 0.6 is 0 Å². The number of aromatic hydroxyl groups is 1. The van der Waals surface area contributed by atoms with Crippen LogP contribution in [0.2, 0.25) is 0 Å². The molecule has 0 aromatic heterocycles. The van der Waals surface area contributed by atoms with Crippen molar-refractivity contribution in [2.75, 3.05) is 0 Å². The van der Waals surface area contributed by atoms with Crippen LogP contribution in [-0.4, -0.2) is 16.2 Å². The fourth-order valence-electron chi connectivity index (χ4n) is 2.43. The van der Waals surface area contributed by atoms with Crippen molar-refractivity contribution in [3.63, 3.8) is 0 Å². The summed E-state index contributed by atoms with van der Waals surface area (Å²) in [7, 11) is 0. The molecule has 2 rings (SSSR count). The summed E-state index contributed by atoms with van der Waals surface area (Å²) in [5.74, 6) is -0.638. The molecule has 0 spiro atoms. The van der Waals surface area contributed by atoms with Gasteiger partial charge < -0.3 is 14.9 Å². The topological polar surface area (TPSA) is 66.8 Å². The van der Waals surface area contributed by atoms with Crippen molar-refractivity contribution in [2.45, 2.75) is 34.3 Å². The number of hydrogen-bond acceptors (Lipinski definition) is 3. The summed E-state index contributed by atoms with van der Waals surface area (Å²) in [6, 6.07) is 7.20. The second-order valence-electron chi connectivity index (χ2n) is 5.62. The van der Waals surface area contributed by atoms with Gasteiger partial charge in [-0.2, -0.15) is 0 Å². The average Bonchev–Trinajstić information content (AvgIpc) is 2.43. The predicted molar refractivity (Wildman–Crippen MR) is 84.8 cm³/mol. The average molecular weight is 300 g/mol. The lowest BCUT2D eigenvalue weighted by Crippen LogP contribution is -2.04. The Hall–Kier alpha value is -2.49. The fourth-order valence-corrected chi connectivity index (χ4v) is 2.43. The maximum absolute atomic E-state index is 11.1. The number of hydrogen-bond donors (Lipinski definition) is 2. The Morgan fingerprint density at radius 2 is 1.68 bits per heavy atom. The van der Waals surface area contributed by atoms with E-state index in [-0.39, 0.29) is 17.9 Å². The van der Waals surface area contributed by atoms with E-state index < -0.39 is 5.97 Å². The highest BCUT2D eigenvalue weighted by molar-refractivity contribution is 5.91. The number of benzene rings is 2. The van der Waals surface area contributed by atoms with Crippen LogP contribution in [0, 0.1) is 27.7 Å². The Morgan fingerprint density at radius 1 is 1.05 bits per heavy atom. The largest absolute Gasteiger partial charge is 0.507 e. The molecule has 116 valence electrons. The highest BCUT2D eigenvalue weighted by Gasteiger charge is 2.15. The van der Waals surface area contributed by atoms with Crippen LogP contribution in [-0.2, 0) is 6.61 Å². The van der Waals surface area contributed by atoms with Crippen molar-refractivity contribution in [2.24, 2.45) is 0 Å². The Morgan fingerprint density at radius 3 is 2.32 bits per heavy atom. The van der Waals surface area contributed by atoms with E-state index >= 15 is 0 Å². The van der Waals surface area contributed by atoms with E-state index in [9.17, 15) is 9.90 Å². The molecule has 0 fully saturated rings. The van der Waals surface area contributed by atoms with Crippen molar-refractivity contribution in [3.05, 3.63) is 57.6 Å². The predicted octanol–water partition coefficient (Wildman–Crippen LogP) is 3.90. The van der Waals surface area contributed by atoms with Crippen LogP contribution in [0.25, 0.3) is 0 Å². The Kier molecular flexibility index (Phi) is 4.40. The minimum Gasteiger partial charge on any atom is -0.507 e. The first-order chi connectivity index (χ1) is 10.3. The van der Waals surface area contributed by atoms with Gasteiger partial charge in [0.2, 0.25) is 0 Å². The van der Waals surface area contributed by atoms with Gasteiger partial charge in [0.1, 0.15) is 23.7 Å². The van der Waals surface area contributed by atoms with Crippen LogP contribution in [0.1, 0.15) is 38.2 Å². The summed E-state index contributed by atoms with van der Waals surface area (Å²) in [5, 5.41) is 19.2. The van der Waals surface area contributed by atoms with Crippen LogP contribution in [0.3, 0.4) is 0 Å². The minimum atomic E-state index is -1.15. The molecule has 2 N–H and O–H groups in total. The first kappa shape index (κ1) is 15.9. The number of carbonyl (C=O) groups is 1. The summed E-state index contributed by atoms with van der Waals surface area (Å²) in [6.07, 6.45) is 0. The van der Waals surface area contributed by atoms with Crippen LogP contribution in [0.5, 0.6) is 11.5 Å². The molecule has 0 radical (unpaired) electrons. The van der Waals surface area contributed by atoms with E-state index in [1.807, 2.05) is 26.8 Å². The fraction of sp³-hybridized carbons (Fsp3) is 0.278. The van der Waals surface area contributed by atoms with Gasteiger partial charge in [0.15, 0.2) is 0 Å². The van der Waals surface area contributed by atoms with E-state index in [0.717, 1.165) is 28.0 Å². The lowest BCUT2D eigenvalue weighted by Gasteiger charge is -2.14. The number of aryl methyl sites for hydroxylation is 3. The SMILES string of the molecule is Cc1cc(C)c(C)c(OCc2cc(C)cc(C(=O)O)c2O)c1. The maximum atomic E-state index is 11.1.